The van der Waals surface area contributed by atoms with E-state index in [1.807, 2.05) is 0 Å². The molecule has 0 saturated heterocycles. The Morgan fingerprint density at radius 1 is 1.22 bits per heavy atom. The lowest BCUT2D eigenvalue weighted by Gasteiger charge is -2.13. The van der Waals surface area contributed by atoms with Crippen molar-refractivity contribution >= 4 is 21.4 Å². The predicted octanol–water partition coefficient (Wildman–Crippen LogP) is 1.90. The summed E-state index contributed by atoms with van der Waals surface area (Å²) in [6.45, 7) is 0. The Bertz CT molecular complexity index is 835. The van der Waals surface area contributed by atoms with E-state index in [9.17, 15) is 13.2 Å². The van der Waals surface area contributed by atoms with Crippen molar-refractivity contribution in [3.8, 4) is 0 Å². The summed E-state index contributed by atoms with van der Waals surface area (Å²) in [4.78, 5) is 16.4. The fraction of sp³-hybridized carbons (Fsp3) is 0.250. The molecule has 1 amide bonds. The molecule has 1 atom stereocenters. The molecule has 0 unspecified atom stereocenters. The quantitative estimate of drug-likeness (QED) is 0.875. The summed E-state index contributed by atoms with van der Waals surface area (Å²) in [6.07, 6.45) is 4.28. The van der Waals surface area contributed by atoms with Gasteiger partial charge in [-0.2, -0.15) is 0 Å². The highest BCUT2D eigenvalue weighted by Crippen LogP contribution is 2.30. The van der Waals surface area contributed by atoms with Gasteiger partial charge in [-0.25, -0.2) is 8.42 Å². The van der Waals surface area contributed by atoms with Gasteiger partial charge >= 0.3 is 0 Å². The zero-order valence-electron chi connectivity index (χ0n) is 12.4. The van der Waals surface area contributed by atoms with Crippen LogP contribution in [0.1, 0.15) is 34.8 Å². The third-order valence-corrected chi connectivity index (χ3v) is 5.73. The molecular weight excluding hydrogens is 314 g/mol. The first kappa shape index (κ1) is 15.6. The van der Waals surface area contributed by atoms with E-state index in [1.54, 1.807) is 36.7 Å². The SMILES string of the molecule is N[C@H]1CCCS(=O)(=O)c2cc(C(=O)Nc3ccncc3)ccc21. The third-order valence-electron chi connectivity index (χ3n) is 3.88. The van der Waals surface area contributed by atoms with Gasteiger partial charge in [-0.15, -0.1) is 0 Å². The molecule has 1 aliphatic heterocycles. The second-order valence-electron chi connectivity index (χ2n) is 5.51. The molecule has 0 radical (unpaired) electrons. The highest BCUT2D eigenvalue weighted by molar-refractivity contribution is 7.91. The summed E-state index contributed by atoms with van der Waals surface area (Å²) >= 11 is 0. The van der Waals surface area contributed by atoms with E-state index in [-0.39, 0.29) is 22.6 Å². The van der Waals surface area contributed by atoms with Crippen LogP contribution in [0.3, 0.4) is 0 Å². The minimum atomic E-state index is -3.41. The molecule has 6 nitrogen and oxygen atoms in total. The number of carbonyl (C=O) groups is 1. The van der Waals surface area contributed by atoms with Gasteiger partial charge in [0.05, 0.1) is 10.6 Å². The molecule has 1 aromatic heterocycles. The Hall–Kier alpha value is -2.25. The van der Waals surface area contributed by atoms with Crippen LogP contribution in [0.25, 0.3) is 0 Å². The van der Waals surface area contributed by atoms with Gasteiger partial charge in [0, 0.05) is 29.7 Å². The lowest BCUT2D eigenvalue weighted by molar-refractivity contribution is 0.102. The Morgan fingerprint density at radius 2 is 1.96 bits per heavy atom. The van der Waals surface area contributed by atoms with Crippen molar-refractivity contribution < 1.29 is 13.2 Å². The number of nitrogens with one attached hydrogen (secondary N) is 1. The van der Waals surface area contributed by atoms with Gasteiger partial charge in [0.25, 0.3) is 5.91 Å². The lowest BCUT2D eigenvalue weighted by Crippen LogP contribution is -2.16. The minimum Gasteiger partial charge on any atom is -0.324 e. The molecule has 1 aliphatic rings. The number of hydrogen-bond acceptors (Lipinski definition) is 5. The van der Waals surface area contributed by atoms with Gasteiger partial charge in [0.2, 0.25) is 0 Å². The maximum absolute atomic E-state index is 12.4. The topological polar surface area (TPSA) is 102 Å². The Morgan fingerprint density at radius 3 is 2.70 bits per heavy atom. The van der Waals surface area contributed by atoms with Crippen molar-refractivity contribution in [3.63, 3.8) is 0 Å². The van der Waals surface area contributed by atoms with E-state index < -0.39 is 9.84 Å². The first-order chi connectivity index (χ1) is 11.0. The van der Waals surface area contributed by atoms with Crippen LogP contribution < -0.4 is 11.1 Å². The summed E-state index contributed by atoms with van der Waals surface area (Å²) in [5.41, 5.74) is 7.52. The normalized spacial score (nSPS) is 19.4. The van der Waals surface area contributed by atoms with Crippen LogP contribution in [0.2, 0.25) is 0 Å². The maximum Gasteiger partial charge on any atom is 0.255 e. The molecule has 0 aliphatic carbocycles. The number of benzene rings is 1. The molecule has 7 heteroatoms. The largest absolute Gasteiger partial charge is 0.324 e. The second-order valence-corrected chi connectivity index (χ2v) is 7.59. The van der Waals surface area contributed by atoms with E-state index in [1.165, 1.54) is 6.07 Å². The Labute approximate surface area is 134 Å². The predicted molar refractivity (Wildman–Crippen MR) is 86.8 cm³/mol. The Kier molecular flexibility index (Phi) is 4.14. The van der Waals surface area contributed by atoms with E-state index in [0.29, 0.717) is 29.7 Å². The van der Waals surface area contributed by atoms with E-state index in [0.717, 1.165) is 0 Å². The molecule has 2 aromatic rings. The number of carbonyl (C=O) groups excluding carboxylic acids is 1. The van der Waals surface area contributed by atoms with Crippen molar-refractivity contribution in [2.75, 3.05) is 11.1 Å². The summed E-state index contributed by atoms with van der Waals surface area (Å²) in [7, 11) is -3.41. The minimum absolute atomic E-state index is 0.0587. The number of sulfone groups is 1. The van der Waals surface area contributed by atoms with Crippen molar-refractivity contribution in [2.45, 2.75) is 23.8 Å². The van der Waals surface area contributed by atoms with Gasteiger partial charge in [0.15, 0.2) is 9.84 Å². The zero-order chi connectivity index (χ0) is 16.4. The van der Waals surface area contributed by atoms with Crippen LogP contribution in [-0.2, 0) is 9.84 Å². The van der Waals surface area contributed by atoms with Gasteiger partial charge in [0.1, 0.15) is 0 Å². The monoisotopic (exact) mass is 331 g/mol. The molecule has 1 aromatic carbocycles. The Balaban J connectivity index is 1.96. The van der Waals surface area contributed by atoms with Crippen molar-refractivity contribution in [1.82, 2.24) is 4.98 Å². The number of amides is 1. The lowest BCUT2D eigenvalue weighted by atomic mass is 10.0. The number of aromatic nitrogens is 1. The fourth-order valence-electron chi connectivity index (χ4n) is 2.65. The van der Waals surface area contributed by atoms with Gasteiger partial charge in [-0.1, -0.05) is 6.07 Å². The zero-order valence-corrected chi connectivity index (χ0v) is 13.2. The molecule has 120 valence electrons. The van der Waals surface area contributed by atoms with Crippen LogP contribution in [0.4, 0.5) is 5.69 Å². The summed E-state index contributed by atoms with van der Waals surface area (Å²) < 4.78 is 24.8. The smallest absolute Gasteiger partial charge is 0.255 e. The van der Waals surface area contributed by atoms with Crippen LogP contribution >= 0.6 is 0 Å². The summed E-state index contributed by atoms with van der Waals surface area (Å²) in [5, 5.41) is 2.71. The highest BCUT2D eigenvalue weighted by atomic mass is 32.2. The molecule has 3 rings (SSSR count). The number of anilines is 1. The van der Waals surface area contributed by atoms with Gasteiger partial charge in [-0.05, 0) is 42.7 Å². The van der Waals surface area contributed by atoms with Crippen molar-refractivity contribution in [1.29, 1.82) is 0 Å². The number of nitrogens with two attached hydrogens (primary N) is 1. The number of fused-ring (bicyclic) bond motifs is 1. The molecular formula is C16H17N3O3S. The molecule has 0 fully saturated rings. The molecule has 23 heavy (non-hydrogen) atoms. The van der Waals surface area contributed by atoms with Gasteiger partial charge in [-0.3, -0.25) is 9.78 Å². The summed E-state index contributed by atoms with van der Waals surface area (Å²) in [6, 6.07) is 7.67. The summed E-state index contributed by atoms with van der Waals surface area (Å²) in [5.74, 6) is -0.310. The first-order valence-electron chi connectivity index (χ1n) is 7.31. The molecule has 3 N–H and O–H groups in total. The van der Waals surface area contributed by atoms with Crippen molar-refractivity contribution in [2.24, 2.45) is 5.73 Å². The maximum atomic E-state index is 12.4. The molecule has 0 bridgehead atoms. The molecule has 0 saturated carbocycles. The van der Waals surface area contributed by atoms with Crippen LogP contribution in [0.5, 0.6) is 0 Å². The van der Waals surface area contributed by atoms with Crippen LogP contribution in [0.15, 0.2) is 47.6 Å². The molecule has 2 heterocycles. The van der Waals surface area contributed by atoms with Crippen LogP contribution in [-0.4, -0.2) is 25.1 Å². The van der Waals surface area contributed by atoms with Crippen molar-refractivity contribution in [3.05, 3.63) is 53.9 Å². The molecule has 0 spiro atoms. The number of nitrogens with zero attached hydrogens (tertiary/aromatic N) is 1. The van der Waals surface area contributed by atoms with E-state index in [2.05, 4.69) is 10.3 Å². The van der Waals surface area contributed by atoms with E-state index >= 15 is 0 Å². The number of rotatable bonds is 2. The standard InChI is InChI=1S/C16H17N3O3S/c17-14-2-1-9-23(21,22)15-10-11(3-4-13(14)15)16(20)19-12-5-7-18-8-6-12/h3-8,10,14H,1-2,9,17H2,(H,18,19,20)/t14-/m0/s1. The average molecular weight is 331 g/mol. The third kappa shape index (κ3) is 3.25. The van der Waals surface area contributed by atoms with Crippen LogP contribution in [0, 0.1) is 0 Å². The highest BCUT2D eigenvalue weighted by Gasteiger charge is 2.27. The average Bonchev–Trinajstić information content (AvgIpc) is 2.65. The van der Waals surface area contributed by atoms with E-state index in [4.69, 9.17) is 5.73 Å². The first-order valence-corrected chi connectivity index (χ1v) is 8.96. The second kappa shape index (κ2) is 6.10. The van der Waals surface area contributed by atoms with Gasteiger partial charge < -0.3 is 11.1 Å². The fourth-order valence-corrected chi connectivity index (χ4v) is 4.30. The number of hydrogen-bond donors (Lipinski definition) is 2. The number of pyridine rings is 1.